The van der Waals surface area contributed by atoms with Gasteiger partial charge in [-0.2, -0.15) is 5.56 Å². The van der Waals surface area contributed by atoms with E-state index in [1.165, 1.54) is 0 Å². The molecule has 0 spiro atoms. The monoisotopic (exact) mass is 198 g/mol. The summed E-state index contributed by atoms with van der Waals surface area (Å²) in [6.07, 6.45) is 10.6. The minimum absolute atomic E-state index is 0. The van der Waals surface area contributed by atoms with Crippen molar-refractivity contribution in [1.29, 1.82) is 0 Å². The van der Waals surface area contributed by atoms with Crippen LogP contribution in [0, 0.1) is 19.4 Å². The average Bonchev–Trinajstić information content (AvgIpc) is 2.10. The summed E-state index contributed by atoms with van der Waals surface area (Å²) in [5.74, 6) is 0. The van der Waals surface area contributed by atoms with E-state index in [-0.39, 0.29) is 35.9 Å². The van der Waals surface area contributed by atoms with E-state index in [0.29, 0.717) is 0 Å². The molecule has 12 heavy (non-hydrogen) atoms. The number of terminal acetylenes is 1. The third kappa shape index (κ3) is 7.74. The van der Waals surface area contributed by atoms with Crippen LogP contribution in [-0.4, -0.2) is 0 Å². The molecular formula is C10H8CuLi. The van der Waals surface area contributed by atoms with Crippen LogP contribution in [-0.2, 0) is 17.1 Å². The molecule has 0 atom stereocenters. The van der Waals surface area contributed by atoms with Crippen molar-refractivity contribution < 1.29 is 35.9 Å². The average molecular weight is 199 g/mol. The van der Waals surface area contributed by atoms with Gasteiger partial charge in [-0.1, -0.05) is 18.2 Å². The number of hydrogen-bond donors (Lipinski definition) is 0. The van der Waals surface area contributed by atoms with Crippen LogP contribution in [0.2, 0.25) is 0 Å². The Kier molecular flexibility index (Phi) is 19.5. The van der Waals surface area contributed by atoms with Gasteiger partial charge < -0.3 is 12.8 Å². The molecule has 0 nitrogen and oxygen atoms in total. The van der Waals surface area contributed by atoms with Gasteiger partial charge in [-0.15, -0.1) is 12.1 Å². The number of hydrogen-bond acceptors (Lipinski definition) is 0. The largest absolute Gasteiger partial charge is 1.00 e. The molecule has 1 aromatic carbocycles. The minimum Gasteiger partial charge on any atom is -0.697 e. The van der Waals surface area contributed by atoms with Crippen molar-refractivity contribution in [3.63, 3.8) is 0 Å². The van der Waals surface area contributed by atoms with Gasteiger partial charge in [-0.25, -0.2) is 6.08 Å². The van der Waals surface area contributed by atoms with Crippen molar-refractivity contribution in [3.8, 4) is 6.42 Å². The van der Waals surface area contributed by atoms with Gasteiger partial charge in [0.25, 0.3) is 0 Å². The van der Waals surface area contributed by atoms with Crippen LogP contribution in [0.15, 0.2) is 30.3 Å². The number of rotatable bonds is 1. The second kappa shape index (κ2) is 13.2. The van der Waals surface area contributed by atoms with Crippen molar-refractivity contribution in [2.75, 3.05) is 0 Å². The van der Waals surface area contributed by atoms with E-state index in [1.54, 1.807) is 6.08 Å². The smallest absolute Gasteiger partial charge is 0.697 e. The van der Waals surface area contributed by atoms with E-state index in [4.69, 9.17) is 13.0 Å². The zero-order chi connectivity index (χ0) is 7.82. The van der Waals surface area contributed by atoms with Gasteiger partial charge in [-0.3, -0.25) is 6.58 Å². The van der Waals surface area contributed by atoms with Crippen LogP contribution in [0.25, 0.3) is 6.08 Å². The molecule has 2 heteroatoms. The summed E-state index contributed by atoms with van der Waals surface area (Å²) in [6, 6.07) is 9.80. The number of benzene rings is 1. The van der Waals surface area contributed by atoms with Crippen LogP contribution in [0.1, 0.15) is 5.56 Å². The Morgan fingerprint density at radius 2 is 1.58 bits per heavy atom. The molecule has 0 saturated carbocycles. The van der Waals surface area contributed by atoms with Crippen LogP contribution in [0.5, 0.6) is 0 Å². The summed E-state index contributed by atoms with van der Waals surface area (Å²) < 4.78 is 0. The van der Waals surface area contributed by atoms with Gasteiger partial charge >= 0.3 is 35.9 Å². The van der Waals surface area contributed by atoms with Crippen LogP contribution >= 0.6 is 0 Å². The predicted molar refractivity (Wildman–Crippen MR) is 43.4 cm³/mol. The molecule has 0 aliphatic rings. The second-order valence-corrected chi connectivity index (χ2v) is 1.58. The fourth-order valence-corrected chi connectivity index (χ4v) is 0.564. The van der Waals surface area contributed by atoms with Gasteiger partial charge in [0.2, 0.25) is 0 Å². The first kappa shape index (κ1) is 17.7. The Labute approximate surface area is 97.1 Å². The Morgan fingerprint density at radius 1 is 1.17 bits per heavy atom. The SMILES string of the molecule is [C-]#C.[CH-]=Cc1ccccc1.[Cu+].[Li+]. The zero-order valence-electron chi connectivity index (χ0n) is 6.92. The molecule has 0 N–H and O–H groups in total. The maximum absolute atomic E-state index is 5.25. The standard InChI is InChI=1S/C8H7.C2H.Cu.Li/c1-2-8-6-4-3-5-7-8;1-2;;/h1-7H;1H;;/q2*-1;2*+1. The van der Waals surface area contributed by atoms with E-state index in [1.807, 2.05) is 30.3 Å². The summed E-state index contributed by atoms with van der Waals surface area (Å²) in [5, 5.41) is 0. The molecule has 0 radical (unpaired) electrons. The third-order valence-corrected chi connectivity index (χ3v) is 0.992. The summed E-state index contributed by atoms with van der Waals surface area (Å²) >= 11 is 0. The van der Waals surface area contributed by atoms with Crippen molar-refractivity contribution >= 4 is 6.08 Å². The molecular weight excluding hydrogens is 191 g/mol. The molecule has 1 aromatic rings. The summed E-state index contributed by atoms with van der Waals surface area (Å²) in [6.45, 7) is 5.22. The molecule has 0 aliphatic heterocycles. The predicted octanol–water partition coefficient (Wildman–Crippen LogP) is -0.660. The van der Waals surface area contributed by atoms with Crippen molar-refractivity contribution in [2.24, 2.45) is 0 Å². The normalized spacial score (nSPS) is 5.83. The molecule has 0 saturated heterocycles. The van der Waals surface area contributed by atoms with E-state index in [0.717, 1.165) is 5.56 Å². The Hall–Kier alpha value is -0.363. The maximum atomic E-state index is 5.25. The van der Waals surface area contributed by atoms with Crippen LogP contribution in [0.4, 0.5) is 0 Å². The molecule has 1 rings (SSSR count). The van der Waals surface area contributed by atoms with E-state index in [9.17, 15) is 0 Å². The summed E-state index contributed by atoms with van der Waals surface area (Å²) in [5.41, 5.74) is 1.06. The molecule has 0 bridgehead atoms. The van der Waals surface area contributed by atoms with Gasteiger partial charge in [0, 0.05) is 0 Å². The molecule has 0 aliphatic carbocycles. The quantitative estimate of drug-likeness (QED) is 0.319. The fourth-order valence-electron chi connectivity index (χ4n) is 0.564. The molecule has 0 fully saturated rings. The zero-order valence-corrected chi connectivity index (χ0v) is 7.86. The minimum atomic E-state index is 0. The van der Waals surface area contributed by atoms with Crippen molar-refractivity contribution in [1.82, 2.24) is 0 Å². The molecule has 0 unspecified atom stereocenters. The Morgan fingerprint density at radius 3 is 1.83 bits per heavy atom. The topological polar surface area (TPSA) is 0 Å². The van der Waals surface area contributed by atoms with E-state index >= 15 is 0 Å². The molecule has 0 amide bonds. The van der Waals surface area contributed by atoms with Crippen LogP contribution in [0.3, 0.4) is 0 Å². The van der Waals surface area contributed by atoms with Gasteiger partial charge in [-0.05, 0) is 0 Å². The maximum Gasteiger partial charge on any atom is 1.00 e. The first-order valence-corrected chi connectivity index (χ1v) is 2.82. The molecule has 0 heterocycles. The van der Waals surface area contributed by atoms with Crippen molar-refractivity contribution in [2.45, 2.75) is 0 Å². The molecule has 60 valence electrons. The first-order chi connectivity index (χ1) is 4.93. The first-order valence-electron chi connectivity index (χ1n) is 2.82. The van der Waals surface area contributed by atoms with Gasteiger partial charge in [0.15, 0.2) is 0 Å². The van der Waals surface area contributed by atoms with Gasteiger partial charge in [0.1, 0.15) is 0 Å². The van der Waals surface area contributed by atoms with Gasteiger partial charge in [0.05, 0.1) is 0 Å². The van der Waals surface area contributed by atoms with E-state index in [2.05, 4.69) is 6.42 Å². The van der Waals surface area contributed by atoms with Crippen molar-refractivity contribution in [3.05, 3.63) is 48.9 Å². The van der Waals surface area contributed by atoms with Crippen LogP contribution < -0.4 is 18.9 Å². The summed E-state index contributed by atoms with van der Waals surface area (Å²) in [7, 11) is 0. The molecule has 0 aromatic heterocycles. The second-order valence-electron chi connectivity index (χ2n) is 1.58. The fraction of sp³-hybridized carbons (Fsp3) is 0. The summed E-state index contributed by atoms with van der Waals surface area (Å²) in [4.78, 5) is 0. The Balaban J connectivity index is -0.000000189. The Bertz CT molecular complexity index is 204. The third-order valence-electron chi connectivity index (χ3n) is 0.992. The van der Waals surface area contributed by atoms with E-state index < -0.39 is 0 Å².